The highest BCUT2D eigenvalue weighted by Crippen LogP contribution is 2.28. The quantitative estimate of drug-likeness (QED) is 0.701. The average molecular weight is 315 g/mol. The van der Waals surface area contributed by atoms with Crippen molar-refractivity contribution in [2.24, 2.45) is 0 Å². The second kappa shape index (κ2) is 6.20. The van der Waals surface area contributed by atoms with Gasteiger partial charge in [-0.1, -0.05) is 42.5 Å². The molecule has 0 saturated heterocycles. The summed E-state index contributed by atoms with van der Waals surface area (Å²) in [6, 6.07) is 21.8. The van der Waals surface area contributed by atoms with E-state index < -0.39 is 0 Å². The SMILES string of the molecule is O=C1CC(c2ccc(OCc3ccccc3)cc2)=Cn2cccc21. The number of hydrogen-bond acceptors (Lipinski definition) is 2. The molecule has 1 aromatic heterocycles. The molecule has 1 aliphatic rings. The smallest absolute Gasteiger partial charge is 0.183 e. The first-order valence-corrected chi connectivity index (χ1v) is 7.97. The molecule has 24 heavy (non-hydrogen) atoms. The largest absolute Gasteiger partial charge is 0.489 e. The molecule has 2 heterocycles. The van der Waals surface area contributed by atoms with E-state index in [1.807, 2.05) is 83.7 Å². The molecule has 0 unspecified atom stereocenters. The van der Waals surface area contributed by atoms with Crippen molar-refractivity contribution in [1.82, 2.24) is 4.57 Å². The molecule has 118 valence electrons. The Bertz CT molecular complexity index is 889. The van der Waals surface area contributed by atoms with Crippen LogP contribution in [-0.4, -0.2) is 10.4 Å². The molecule has 0 atom stereocenters. The number of benzene rings is 2. The fourth-order valence-electron chi connectivity index (χ4n) is 2.90. The highest BCUT2D eigenvalue weighted by atomic mass is 16.5. The molecular weight excluding hydrogens is 298 g/mol. The topological polar surface area (TPSA) is 31.2 Å². The maximum absolute atomic E-state index is 12.2. The number of carbonyl (C=O) groups excluding carboxylic acids is 1. The van der Waals surface area contributed by atoms with Gasteiger partial charge in [0.25, 0.3) is 0 Å². The van der Waals surface area contributed by atoms with Crippen molar-refractivity contribution in [3.8, 4) is 5.75 Å². The van der Waals surface area contributed by atoms with Crippen molar-refractivity contribution in [1.29, 1.82) is 0 Å². The summed E-state index contributed by atoms with van der Waals surface area (Å²) in [5.74, 6) is 0.980. The van der Waals surface area contributed by atoms with E-state index in [9.17, 15) is 4.79 Å². The zero-order chi connectivity index (χ0) is 16.4. The van der Waals surface area contributed by atoms with Crippen LogP contribution in [0.3, 0.4) is 0 Å². The van der Waals surface area contributed by atoms with E-state index in [2.05, 4.69) is 0 Å². The molecule has 2 aromatic carbocycles. The number of ether oxygens (including phenoxy) is 1. The molecule has 0 aliphatic carbocycles. The molecule has 1 aliphatic heterocycles. The molecule has 0 saturated carbocycles. The second-order valence-corrected chi connectivity index (χ2v) is 5.85. The van der Waals surface area contributed by atoms with Crippen LogP contribution in [-0.2, 0) is 6.61 Å². The van der Waals surface area contributed by atoms with Crippen LogP contribution in [0.15, 0.2) is 72.9 Å². The lowest BCUT2D eigenvalue weighted by Crippen LogP contribution is -2.11. The van der Waals surface area contributed by atoms with Crippen molar-refractivity contribution in [2.75, 3.05) is 0 Å². The van der Waals surface area contributed by atoms with Gasteiger partial charge in [-0.3, -0.25) is 4.79 Å². The van der Waals surface area contributed by atoms with Gasteiger partial charge >= 0.3 is 0 Å². The van der Waals surface area contributed by atoms with Crippen LogP contribution in [0.2, 0.25) is 0 Å². The van der Waals surface area contributed by atoms with Crippen LogP contribution in [0, 0.1) is 0 Å². The maximum Gasteiger partial charge on any atom is 0.183 e. The minimum absolute atomic E-state index is 0.155. The molecule has 0 amide bonds. The van der Waals surface area contributed by atoms with Crippen LogP contribution in [0.4, 0.5) is 0 Å². The lowest BCUT2D eigenvalue weighted by molar-refractivity contribution is 0.0990. The van der Waals surface area contributed by atoms with Crippen molar-refractivity contribution in [3.05, 3.63) is 89.7 Å². The number of hydrogen-bond donors (Lipinski definition) is 0. The minimum atomic E-state index is 0.155. The van der Waals surface area contributed by atoms with Gasteiger partial charge in [0.15, 0.2) is 5.78 Å². The van der Waals surface area contributed by atoms with Crippen LogP contribution in [0.1, 0.15) is 28.0 Å². The first-order valence-electron chi connectivity index (χ1n) is 7.97. The fourth-order valence-corrected chi connectivity index (χ4v) is 2.90. The molecule has 0 radical (unpaired) electrons. The van der Waals surface area contributed by atoms with Gasteiger partial charge in [0.05, 0.1) is 5.69 Å². The van der Waals surface area contributed by atoms with Crippen LogP contribution in [0.5, 0.6) is 5.75 Å². The molecular formula is C21H17NO2. The molecule has 3 nitrogen and oxygen atoms in total. The summed E-state index contributed by atoms with van der Waals surface area (Å²) >= 11 is 0. The van der Waals surface area contributed by atoms with Gasteiger partial charge in [0.2, 0.25) is 0 Å². The summed E-state index contributed by atoms with van der Waals surface area (Å²) < 4.78 is 7.70. The Morgan fingerprint density at radius 3 is 2.50 bits per heavy atom. The highest BCUT2D eigenvalue weighted by Gasteiger charge is 2.18. The minimum Gasteiger partial charge on any atom is -0.489 e. The summed E-state index contributed by atoms with van der Waals surface area (Å²) in [7, 11) is 0. The first-order chi connectivity index (χ1) is 11.8. The summed E-state index contributed by atoms with van der Waals surface area (Å²) in [5.41, 5.74) is 3.97. The van der Waals surface area contributed by atoms with Crippen molar-refractivity contribution >= 4 is 17.6 Å². The van der Waals surface area contributed by atoms with Crippen molar-refractivity contribution in [3.63, 3.8) is 0 Å². The number of nitrogens with zero attached hydrogens (tertiary/aromatic N) is 1. The van der Waals surface area contributed by atoms with E-state index in [0.717, 1.165) is 28.1 Å². The Kier molecular flexibility index (Phi) is 3.75. The van der Waals surface area contributed by atoms with Gasteiger partial charge in [0.1, 0.15) is 12.4 Å². The molecule has 0 spiro atoms. The standard InChI is InChI=1S/C21H17NO2/c23-21-13-18(14-22-12-4-7-20(21)22)17-8-10-19(11-9-17)24-15-16-5-2-1-3-6-16/h1-12,14H,13,15H2. The Balaban J connectivity index is 1.49. The number of rotatable bonds is 4. The Hall–Kier alpha value is -3.07. The lowest BCUT2D eigenvalue weighted by atomic mass is 9.98. The lowest BCUT2D eigenvalue weighted by Gasteiger charge is -2.15. The molecule has 0 bridgehead atoms. The predicted molar refractivity (Wildman–Crippen MR) is 94.8 cm³/mol. The van der Waals surface area contributed by atoms with E-state index in [-0.39, 0.29) is 5.78 Å². The normalized spacial score (nSPS) is 13.3. The monoisotopic (exact) mass is 315 g/mol. The van der Waals surface area contributed by atoms with Crippen LogP contribution in [0.25, 0.3) is 11.8 Å². The zero-order valence-electron chi connectivity index (χ0n) is 13.2. The summed E-state index contributed by atoms with van der Waals surface area (Å²) in [6.07, 6.45) is 4.37. The third-order valence-corrected chi connectivity index (χ3v) is 4.18. The van der Waals surface area contributed by atoms with Gasteiger partial charge < -0.3 is 9.30 Å². The number of Topliss-reactive ketones (excluding diaryl/α,β-unsaturated/α-hetero) is 1. The third kappa shape index (κ3) is 2.88. The fraction of sp³-hybridized carbons (Fsp3) is 0.0952. The average Bonchev–Trinajstić information content (AvgIpc) is 3.10. The number of ketones is 1. The first kappa shape index (κ1) is 14.5. The van der Waals surface area contributed by atoms with Gasteiger partial charge in [-0.25, -0.2) is 0 Å². The molecule has 0 fully saturated rings. The summed E-state index contributed by atoms with van der Waals surface area (Å²) in [5, 5.41) is 0. The zero-order valence-corrected chi connectivity index (χ0v) is 13.2. The predicted octanol–water partition coefficient (Wildman–Crippen LogP) is 4.65. The molecule has 3 heteroatoms. The molecule has 3 aromatic rings. The van der Waals surface area contributed by atoms with Gasteiger partial charge in [0, 0.05) is 18.8 Å². The van der Waals surface area contributed by atoms with E-state index in [1.54, 1.807) is 0 Å². The summed E-state index contributed by atoms with van der Waals surface area (Å²) in [6.45, 7) is 0.550. The number of allylic oxidation sites excluding steroid dienone is 1. The Morgan fingerprint density at radius 2 is 1.71 bits per heavy atom. The van der Waals surface area contributed by atoms with Gasteiger partial charge in [-0.05, 0) is 41.0 Å². The number of carbonyl (C=O) groups is 1. The second-order valence-electron chi connectivity index (χ2n) is 5.85. The van der Waals surface area contributed by atoms with E-state index in [4.69, 9.17) is 4.74 Å². The summed E-state index contributed by atoms with van der Waals surface area (Å²) in [4.78, 5) is 12.2. The van der Waals surface area contributed by atoms with Crippen LogP contribution < -0.4 is 4.74 Å². The maximum atomic E-state index is 12.2. The van der Waals surface area contributed by atoms with E-state index in [0.29, 0.717) is 13.0 Å². The van der Waals surface area contributed by atoms with E-state index in [1.165, 1.54) is 0 Å². The molecule has 4 rings (SSSR count). The molecule has 0 N–H and O–H groups in total. The number of fused-ring (bicyclic) bond motifs is 1. The van der Waals surface area contributed by atoms with Crippen molar-refractivity contribution < 1.29 is 9.53 Å². The third-order valence-electron chi connectivity index (χ3n) is 4.18. The van der Waals surface area contributed by atoms with E-state index >= 15 is 0 Å². The Labute approximate surface area is 140 Å². The number of aromatic nitrogens is 1. The highest BCUT2D eigenvalue weighted by molar-refractivity contribution is 6.06. The Morgan fingerprint density at radius 1 is 0.917 bits per heavy atom. The van der Waals surface area contributed by atoms with Crippen LogP contribution >= 0.6 is 0 Å². The van der Waals surface area contributed by atoms with Gasteiger partial charge in [-0.2, -0.15) is 0 Å². The van der Waals surface area contributed by atoms with Gasteiger partial charge in [-0.15, -0.1) is 0 Å². The van der Waals surface area contributed by atoms with Crippen molar-refractivity contribution in [2.45, 2.75) is 13.0 Å².